The molecule has 0 radical (unpaired) electrons. The van der Waals surface area contributed by atoms with Gasteiger partial charge in [-0.05, 0) is 35.9 Å². The van der Waals surface area contributed by atoms with Gasteiger partial charge in [-0.25, -0.2) is 26.0 Å². The smallest absolute Gasteiger partial charge is 0.261 e. The van der Waals surface area contributed by atoms with Gasteiger partial charge in [0.1, 0.15) is 0 Å². The normalized spacial score (nSPS) is 11.4. The molecule has 0 aliphatic rings. The van der Waals surface area contributed by atoms with Crippen LogP contribution in [0.15, 0.2) is 65.6 Å². The van der Waals surface area contributed by atoms with Crippen LogP contribution in [0.2, 0.25) is 0 Å². The Kier molecular flexibility index (Phi) is 4.69. The van der Waals surface area contributed by atoms with Crippen LogP contribution in [0.4, 0.5) is 23.2 Å². The Morgan fingerprint density at radius 2 is 1.31 bits per heavy atom. The first kappa shape index (κ1) is 17.9. The van der Waals surface area contributed by atoms with Crippen molar-refractivity contribution >= 4 is 15.7 Å². The predicted molar refractivity (Wildman–Crippen MR) is 89.0 cm³/mol. The molecule has 0 unspecified atom stereocenters. The summed E-state index contributed by atoms with van der Waals surface area (Å²) in [5, 5.41) is 0. The summed E-state index contributed by atoms with van der Waals surface area (Å²) in [5.41, 5.74) is -0.463. The zero-order valence-corrected chi connectivity index (χ0v) is 13.8. The quantitative estimate of drug-likeness (QED) is 0.666. The topological polar surface area (TPSA) is 46.2 Å². The van der Waals surface area contributed by atoms with Crippen molar-refractivity contribution < 1.29 is 26.0 Å². The average molecular weight is 381 g/mol. The van der Waals surface area contributed by atoms with Crippen LogP contribution >= 0.6 is 0 Å². The molecule has 0 atom stereocenters. The van der Waals surface area contributed by atoms with Crippen molar-refractivity contribution in [3.05, 3.63) is 83.9 Å². The molecule has 0 aliphatic heterocycles. The predicted octanol–water partition coefficient (Wildman–Crippen LogP) is 4.71. The van der Waals surface area contributed by atoms with E-state index in [4.69, 9.17) is 0 Å². The second kappa shape index (κ2) is 6.80. The number of anilines is 1. The Labute approximate surface area is 147 Å². The Morgan fingerprint density at radius 1 is 0.692 bits per heavy atom. The summed E-state index contributed by atoms with van der Waals surface area (Å²) in [4.78, 5) is -0.0963. The molecule has 134 valence electrons. The van der Waals surface area contributed by atoms with Crippen molar-refractivity contribution in [2.24, 2.45) is 0 Å². The molecule has 0 bridgehead atoms. The van der Waals surface area contributed by atoms with Gasteiger partial charge in [0, 0.05) is 11.6 Å². The van der Waals surface area contributed by atoms with E-state index in [2.05, 4.69) is 4.72 Å². The maximum Gasteiger partial charge on any atom is 0.261 e. The van der Waals surface area contributed by atoms with Crippen molar-refractivity contribution in [3.8, 4) is 11.1 Å². The lowest BCUT2D eigenvalue weighted by atomic mass is 10.0. The van der Waals surface area contributed by atoms with E-state index in [9.17, 15) is 26.0 Å². The molecular weight excluding hydrogens is 370 g/mol. The van der Waals surface area contributed by atoms with Gasteiger partial charge in [0.2, 0.25) is 0 Å². The molecular formula is C18H11F4NO2S. The molecule has 3 aromatic rings. The molecule has 0 spiro atoms. The minimum Gasteiger partial charge on any atom is -0.279 e. The summed E-state index contributed by atoms with van der Waals surface area (Å²) in [6.45, 7) is 0. The van der Waals surface area contributed by atoms with E-state index in [0.717, 1.165) is 18.2 Å². The second-order valence-electron chi connectivity index (χ2n) is 5.36. The summed E-state index contributed by atoms with van der Waals surface area (Å²) in [6, 6.07) is 11.3. The number of hydrogen-bond donors (Lipinski definition) is 1. The molecule has 8 heteroatoms. The first-order valence-corrected chi connectivity index (χ1v) is 8.78. The lowest BCUT2D eigenvalue weighted by molar-refractivity contribution is 0.508. The van der Waals surface area contributed by atoms with E-state index in [0.29, 0.717) is 12.1 Å². The maximum absolute atomic E-state index is 13.7. The Bertz CT molecular complexity index is 1070. The first-order valence-electron chi connectivity index (χ1n) is 7.30. The van der Waals surface area contributed by atoms with E-state index in [1.165, 1.54) is 24.3 Å². The highest BCUT2D eigenvalue weighted by atomic mass is 32.2. The van der Waals surface area contributed by atoms with E-state index in [1.54, 1.807) is 6.07 Å². The van der Waals surface area contributed by atoms with E-state index >= 15 is 0 Å². The Hall–Kier alpha value is -2.87. The molecule has 0 heterocycles. The van der Waals surface area contributed by atoms with Gasteiger partial charge in [-0.1, -0.05) is 24.3 Å². The molecule has 1 N–H and O–H groups in total. The van der Waals surface area contributed by atoms with Gasteiger partial charge in [0.15, 0.2) is 23.3 Å². The van der Waals surface area contributed by atoms with Gasteiger partial charge < -0.3 is 0 Å². The number of sulfonamides is 1. The number of halogens is 4. The molecule has 3 rings (SSSR count). The SMILES string of the molecule is O=S(=O)(Nc1cc(F)c(F)cc1-c1ccc(F)c(F)c1)c1ccccc1. The highest BCUT2D eigenvalue weighted by molar-refractivity contribution is 7.92. The molecule has 0 saturated carbocycles. The Balaban J connectivity index is 2.12. The summed E-state index contributed by atoms with van der Waals surface area (Å²) in [6.07, 6.45) is 0. The third-order valence-corrected chi connectivity index (χ3v) is 4.97. The number of nitrogens with one attached hydrogen (secondary N) is 1. The monoisotopic (exact) mass is 381 g/mol. The Morgan fingerprint density at radius 3 is 1.96 bits per heavy atom. The van der Waals surface area contributed by atoms with Crippen LogP contribution in [0.5, 0.6) is 0 Å². The molecule has 0 aliphatic carbocycles. The van der Waals surface area contributed by atoms with Crippen molar-refractivity contribution in [1.82, 2.24) is 0 Å². The second-order valence-corrected chi connectivity index (χ2v) is 7.04. The van der Waals surface area contributed by atoms with Crippen LogP contribution in [0.25, 0.3) is 11.1 Å². The number of rotatable bonds is 4. The fourth-order valence-electron chi connectivity index (χ4n) is 2.34. The standard InChI is InChI=1S/C18H11F4NO2S/c19-14-7-6-11(8-15(14)20)13-9-16(21)17(22)10-18(13)23-26(24,25)12-4-2-1-3-5-12/h1-10,23H. The maximum atomic E-state index is 13.7. The fourth-order valence-corrected chi connectivity index (χ4v) is 3.43. The zero-order chi connectivity index (χ0) is 18.9. The lowest BCUT2D eigenvalue weighted by Crippen LogP contribution is -2.14. The minimum atomic E-state index is -4.10. The van der Waals surface area contributed by atoms with E-state index in [-0.39, 0.29) is 21.7 Å². The van der Waals surface area contributed by atoms with Crippen molar-refractivity contribution in [3.63, 3.8) is 0 Å². The molecule has 0 fully saturated rings. The van der Waals surface area contributed by atoms with E-state index < -0.39 is 33.3 Å². The van der Waals surface area contributed by atoms with Gasteiger partial charge in [-0.15, -0.1) is 0 Å². The highest BCUT2D eigenvalue weighted by Gasteiger charge is 2.19. The minimum absolute atomic E-state index is 0.0199. The van der Waals surface area contributed by atoms with E-state index in [1.807, 2.05) is 0 Å². The van der Waals surface area contributed by atoms with Gasteiger partial charge in [-0.2, -0.15) is 0 Å². The summed E-state index contributed by atoms with van der Waals surface area (Å²) in [5.74, 6) is -4.87. The summed E-state index contributed by atoms with van der Waals surface area (Å²) >= 11 is 0. The van der Waals surface area contributed by atoms with Gasteiger partial charge in [-0.3, -0.25) is 4.72 Å². The molecule has 3 nitrogen and oxygen atoms in total. The van der Waals surface area contributed by atoms with Crippen LogP contribution in [0.3, 0.4) is 0 Å². The van der Waals surface area contributed by atoms with Crippen molar-refractivity contribution in [1.29, 1.82) is 0 Å². The van der Waals surface area contributed by atoms with Crippen LogP contribution in [-0.2, 0) is 10.0 Å². The largest absolute Gasteiger partial charge is 0.279 e. The van der Waals surface area contributed by atoms with Gasteiger partial charge in [0.05, 0.1) is 10.6 Å². The lowest BCUT2D eigenvalue weighted by Gasteiger charge is -2.14. The summed E-state index contributed by atoms with van der Waals surface area (Å²) < 4.78 is 81.0. The molecule has 3 aromatic carbocycles. The van der Waals surface area contributed by atoms with Crippen LogP contribution in [-0.4, -0.2) is 8.42 Å². The fraction of sp³-hybridized carbons (Fsp3) is 0. The van der Waals surface area contributed by atoms with Gasteiger partial charge >= 0.3 is 0 Å². The zero-order valence-electron chi connectivity index (χ0n) is 13.0. The third-order valence-electron chi connectivity index (χ3n) is 3.59. The molecule has 0 aromatic heterocycles. The van der Waals surface area contributed by atoms with Crippen LogP contribution < -0.4 is 4.72 Å². The molecule has 26 heavy (non-hydrogen) atoms. The van der Waals surface area contributed by atoms with Crippen molar-refractivity contribution in [2.75, 3.05) is 4.72 Å². The van der Waals surface area contributed by atoms with Crippen LogP contribution in [0.1, 0.15) is 0 Å². The highest BCUT2D eigenvalue weighted by Crippen LogP contribution is 2.32. The van der Waals surface area contributed by atoms with Crippen LogP contribution in [0, 0.1) is 23.3 Å². The first-order chi connectivity index (χ1) is 12.3. The number of hydrogen-bond acceptors (Lipinski definition) is 2. The molecule has 0 saturated heterocycles. The molecule has 0 amide bonds. The van der Waals surface area contributed by atoms with Gasteiger partial charge in [0.25, 0.3) is 10.0 Å². The number of benzene rings is 3. The average Bonchev–Trinajstić information content (AvgIpc) is 2.61. The third kappa shape index (κ3) is 3.55. The van der Waals surface area contributed by atoms with Crippen molar-refractivity contribution in [2.45, 2.75) is 4.90 Å². The summed E-state index contributed by atoms with van der Waals surface area (Å²) in [7, 11) is -4.10.